The summed E-state index contributed by atoms with van der Waals surface area (Å²) in [5.41, 5.74) is 1.89. The number of rotatable bonds is 2. The molecule has 0 saturated carbocycles. The van der Waals surface area contributed by atoms with Gasteiger partial charge in [0.05, 0.1) is 6.10 Å². The van der Waals surface area contributed by atoms with Gasteiger partial charge in [0.25, 0.3) is 5.91 Å². The molecule has 0 aliphatic carbocycles. The van der Waals surface area contributed by atoms with E-state index >= 15 is 0 Å². The normalized spacial score (nSPS) is 27.0. The average Bonchev–Trinajstić information content (AvgIpc) is 3.22. The van der Waals surface area contributed by atoms with Gasteiger partial charge in [-0.15, -0.1) is 11.3 Å². The van der Waals surface area contributed by atoms with E-state index in [2.05, 4.69) is 4.98 Å². The number of carbonyl (C=O) groups is 1. The lowest BCUT2D eigenvalue weighted by atomic mass is 9.91. The zero-order valence-corrected chi connectivity index (χ0v) is 14.0. The summed E-state index contributed by atoms with van der Waals surface area (Å²) in [4.78, 5) is 19.0. The van der Waals surface area contributed by atoms with E-state index in [0.29, 0.717) is 12.5 Å². The third-order valence-electron chi connectivity index (χ3n) is 4.83. The third kappa shape index (κ3) is 2.91. The largest absolute Gasteiger partial charge is 0.366 e. The number of piperidine rings is 1. The highest BCUT2D eigenvalue weighted by atomic mass is 32.1. The van der Waals surface area contributed by atoms with Crippen LogP contribution >= 0.6 is 11.3 Å². The van der Waals surface area contributed by atoms with Crippen LogP contribution in [0, 0.1) is 12.8 Å². The molecule has 5 heteroatoms. The van der Waals surface area contributed by atoms with Gasteiger partial charge >= 0.3 is 0 Å². The fourth-order valence-electron chi connectivity index (χ4n) is 3.63. The molecule has 3 heterocycles. The summed E-state index contributed by atoms with van der Waals surface area (Å²) in [5.74, 6) is 0.666. The second kappa shape index (κ2) is 6.06. The number of likely N-dealkylation sites (tertiary alicyclic amines) is 1. The highest BCUT2D eigenvalue weighted by Crippen LogP contribution is 2.41. The zero-order valence-electron chi connectivity index (χ0n) is 13.1. The molecule has 0 unspecified atom stereocenters. The summed E-state index contributed by atoms with van der Waals surface area (Å²) in [5, 5.41) is 3.06. The van der Waals surface area contributed by atoms with Crippen LogP contribution in [0.25, 0.3) is 0 Å². The van der Waals surface area contributed by atoms with Crippen molar-refractivity contribution in [2.24, 2.45) is 5.92 Å². The minimum atomic E-state index is 0.110. The van der Waals surface area contributed by atoms with Crippen molar-refractivity contribution in [1.29, 1.82) is 0 Å². The van der Waals surface area contributed by atoms with Crippen LogP contribution in [0.4, 0.5) is 0 Å². The first-order chi connectivity index (χ1) is 11.2. The quantitative estimate of drug-likeness (QED) is 0.848. The van der Waals surface area contributed by atoms with Crippen molar-refractivity contribution in [3.8, 4) is 0 Å². The van der Waals surface area contributed by atoms with Crippen molar-refractivity contribution in [3.05, 3.63) is 52.0 Å². The van der Waals surface area contributed by atoms with Gasteiger partial charge in [-0.1, -0.05) is 17.7 Å². The van der Waals surface area contributed by atoms with Crippen molar-refractivity contribution in [2.75, 3.05) is 13.1 Å². The van der Waals surface area contributed by atoms with Gasteiger partial charge in [-0.05, 0) is 37.8 Å². The number of thiazole rings is 1. The van der Waals surface area contributed by atoms with Gasteiger partial charge in [0.2, 0.25) is 0 Å². The summed E-state index contributed by atoms with van der Waals surface area (Å²) in [6.45, 7) is 3.53. The summed E-state index contributed by atoms with van der Waals surface area (Å²) in [7, 11) is 0. The highest BCUT2D eigenvalue weighted by molar-refractivity contribution is 7.09. The van der Waals surface area contributed by atoms with Crippen LogP contribution in [-0.2, 0) is 4.74 Å². The monoisotopic (exact) mass is 328 g/mol. The molecule has 0 radical (unpaired) electrons. The summed E-state index contributed by atoms with van der Waals surface area (Å²) in [6.07, 6.45) is 4.14. The Morgan fingerprint density at radius 2 is 2.35 bits per heavy atom. The number of carbonyl (C=O) groups excluding carboxylic acids is 1. The number of ether oxygens (including phenoxy) is 1. The van der Waals surface area contributed by atoms with E-state index in [1.54, 1.807) is 11.3 Å². The number of fused-ring (bicyclic) bond motifs is 1. The first-order valence-corrected chi connectivity index (χ1v) is 8.99. The Hall–Kier alpha value is -1.72. The Morgan fingerprint density at radius 1 is 1.43 bits per heavy atom. The summed E-state index contributed by atoms with van der Waals surface area (Å²) < 4.78 is 6.20. The lowest BCUT2D eigenvalue weighted by molar-refractivity contribution is -0.00448. The Labute approximate surface area is 140 Å². The molecule has 1 aromatic carbocycles. The third-order valence-corrected chi connectivity index (χ3v) is 5.70. The topological polar surface area (TPSA) is 42.4 Å². The SMILES string of the molecule is Cc1cccc(C(=O)N2CC[C@@H]3C[C@@H](c4nccs4)O[C@H]3C2)c1. The molecule has 1 amide bonds. The summed E-state index contributed by atoms with van der Waals surface area (Å²) >= 11 is 1.65. The molecule has 1 aromatic heterocycles. The second-order valence-corrected chi connectivity index (χ2v) is 7.36. The van der Waals surface area contributed by atoms with E-state index in [0.717, 1.165) is 35.5 Å². The molecular formula is C18H20N2O2S. The first-order valence-electron chi connectivity index (χ1n) is 8.11. The van der Waals surface area contributed by atoms with E-state index in [1.807, 2.05) is 47.7 Å². The maximum atomic E-state index is 12.7. The number of aromatic nitrogens is 1. The van der Waals surface area contributed by atoms with Crippen molar-refractivity contribution in [2.45, 2.75) is 32.0 Å². The second-order valence-electron chi connectivity index (χ2n) is 6.44. The van der Waals surface area contributed by atoms with Crippen LogP contribution in [0.2, 0.25) is 0 Å². The number of hydrogen-bond donors (Lipinski definition) is 0. The molecule has 23 heavy (non-hydrogen) atoms. The van der Waals surface area contributed by atoms with Crippen molar-refractivity contribution in [3.63, 3.8) is 0 Å². The molecule has 4 rings (SSSR count). The number of amides is 1. The average molecular weight is 328 g/mol. The molecule has 2 aliphatic rings. The maximum absolute atomic E-state index is 12.7. The Bertz CT molecular complexity index is 701. The van der Waals surface area contributed by atoms with Gasteiger partial charge in [0.15, 0.2) is 0 Å². The molecule has 4 nitrogen and oxygen atoms in total. The Balaban J connectivity index is 1.45. The highest BCUT2D eigenvalue weighted by Gasteiger charge is 2.41. The molecule has 0 N–H and O–H groups in total. The zero-order chi connectivity index (χ0) is 15.8. The van der Waals surface area contributed by atoms with Gasteiger partial charge in [-0.25, -0.2) is 4.98 Å². The van der Waals surface area contributed by atoms with Crippen LogP contribution < -0.4 is 0 Å². The predicted octanol–water partition coefficient (Wildman–Crippen LogP) is 3.44. The van der Waals surface area contributed by atoms with Gasteiger partial charge in [0, 0.05) is 30.2 Å². The minimum Gasteiger partial charge on any atom is -0.366 e. The lowest BCUT2D eigenvalue weighted by Gasteiger charge is -2.34. The molecule has 2 aromatic rings. The van der Waals surface area contributed by atoms with E-state index in [4.69, 9.17) is 4.74 Å². The maximum Gasteiger partial charge on any atom is 0.253 e. The van der Waals surface area contributed by atoms with E-state index in [9.17, 15) is 4.79 Å². The fraction of sp³-hybridized carbons (Fsp3) is 0.444. The Morgan fingerprint density at radius 3 is 3.13 bits per heavy atom. The molecule has 2 aliphatic heterocycles. The molecule has 2 fully saturated rings. The molecule has 120 valence electrons. The van der Waals surface area contributed by atoms with Gasteiger partial charge < -0.3 is 9.64 Å². The van der Waals surface area contributed by atoms with Crippen LogP contribution in [0.1, 0.15) is 39.9 Å². The fourth-order valence-corrected chi connectivity index (χ4v) is 4.31. The summed E-state index contributed by atoms with van der Waals surface area (Å²) in [6, 6.07) is 7.82. The first kappa shape index (κ1) is 14.8. The van der Waals surface area contributed by atoms with E-state index < -0.39 is 0 Å². The Kier molecular flexibility index (Phi) is 3.91. The minimum absolute atomic E-state index is 0.110. The lowest BCUT2D eigenvalue weighted by Crippen LogP contribution is -2.45. The van der Waals surface area contributed by atoms with Gasteiger partial charge in [-0.3, -0.25) is 4.79 Å². The van der Waals surface area contributed by atoms with Gasteiger partial charge in [0.1, 0.15) is 11.1 Å². The van der Waals surface area contributed by atoms with Crippen LogP contribution in [0.15, 0.2) is 35.8 Å². The van der Waals surface area contributed by atoms with Crippen molar-refractivity contribution < 1.29 is 9.53 Å². The number of hydrogen-bond acceptors (Lipinski definition) is 4. The number of benzene rings is 1. The van der Waals surface area contributed by atoms with E-state index in [1.165, 1.54) is 0 Å². The number of aryl methyl sites for hydroxylation is 1. The molecular weight excluding hydrogens is 308 g/mol. The van der Waals surface area contributed by atoms with Crippen molar-refractivity contribution in [1.82, 2.24) is 9.88 Å². The van der Waals surface area contributed by atoms with Crippen LogP contribution in [0.5, 0.6) is 0 Å². The van der Waals surface area contributed by atoms with Crippen LogP contribution in [-0.4, -0.2) is 35.0 Å². The van der Waals surface area contributed by atoms with Gasteiger partial charge in [-0.2, -0.15) is 0 Å². The smallest absolute Gasteiger partial charge is 0.253 e. The predicted molar refractivity (Wildman–Crippen MR) is 89.5 cm³/mol. The van der Waals surface area contributed by atoms with Crippen molar-refractivity contribution >= 4 is 17.2 Å². The molecule has 0 bridgehead atoms. The molecule has 3 atom stereocenters. The standard InChI is InChI=1S/C18H20N2O2S/c1-12-3-2-4-14(9-12)18(21)20-7-5-13-10-15(22-16(13)11-20)17-19-6-8-23-17/h2-4,6,8-9,13,15-16H,5,7,10-11H2,1H3/t13-,15+,16+/m1/s1. The number of nitrogens with zero attached hydrogens (tertiary/aromatic N) is 2. The van der Waals surface area contributed by atoms with Crippen LogP contribution in [0.3, 0.4) is 0 Å². The molecule has 0 spiro atoms. The molecule has 2 saturated heterocycles. The van der Waals surface area contributed by atoms with E-state index in [-0.39, 0.29) is 18.1 Å².